The molecule has 0 spiro atoms. The summed E-state index contributed by atoms with van der Waals surface area (Å²) in [5, 5.41) is 5.43. The Bertz CT molecular complexity index is 540. The van der Waals surface area contributed by atoms with Crippen LogP contribution < -0.4 is 5.32 Å². The lowest BCUT2D eigenvalue weighted by Gasteiger charge is -2.16. The van der Waals surface area contributed by atoms with Crippen LogP contribution in [0, 0.1) is 0 Å². The molecule has 1 N–H and O–H groups in total. The van der Waals surface area contributed by atoms with Gasteiger partial charge in [-0.25, -0.2) is 0 Å². The molecule has 2 rings (SSSR count). The van der Waals surface area contributed by atoms with E-state index in [1.807, 2.05) is 29.6 Å². The van der Waals surface area contributed by atoms with Crippen molar-refractivity contribution in [1.82, 2.24) is 5.32 Å². The molecule has 0 amide bonds. The number of benzene rings is 1. The Morgan fingerprint density at radius 2 is 2.10 bits per heavy atom. The SMILES string of the molecule is COC(=O)CC(NCc1ccc(Br)cc1)c1cccs1. The number of thiophene rings is 1. The molecular weight excluding hydrogens is 338 g/mol. The maximum Gasteiger partial charge on any atom is 0.307 e. The van der Waals surface area contributed by atoms with E-state index in [2.05, 4.69) is 33.4 Å². The fourth-order valence-corrected chi connectivity index (χ4v) is 2.92. The van der Waals surface area contributed by atoms with Gasteiger partial charge in [0.05, 0.1) is 19.6 Å². The third-order valence-corrected chi connectivity index (χ3v) is 4.47. The van der Waals surface area contributed by atoms with Crippen LogP contribution in [0.15, 0.2) is 46.3 Å². The number of ether oxygens (including phenoxy) is 1. The fourth-order valence-electron chi connectivity index (χ4n) is 1.86. The number of rotatable bonds is 6. The van der Waals surface area contributed by atoms with Gasteiger partial charge in [-0.2, -0.15) is 0 Å². The van der Waals surface area contributed by atoms with Gasteiger partial charge in [-0.15, -0.1) is 11.3 Å². The molecule has 1 aromatic carbocycles. The van der Waals surface area contributed by atoms with Crippen molar-refractivity contribution in [3.63, 3.8) is 0 Å². The summed E-state index contributed by atoms with van der Waals surface area (Å²) < 4.78 is 5.83. The standard InChI is InChI=1S/C15H16BrNO2S/c1-19-15(18)9-13(14-3-2-8-20-14)17-10-11-4-6-12(16)7-5-11/h2-8,13,17H,9-10H2,1H3. The zero-order valence-electron chi connectivity index (χ0n) is 11.1. The second kappa shape index (κ2) is 7.57. The number of esters is 1. The molecule has 20 heavy (non-hydrogen) atoms. The second-order valence-corrected chi connectivity index (χ2v) is 6.25. The lowest BCUT2D eigenvalue weighted by Crippen LogP contribution is -2.23. The summed E-state index contributed by atoms with van der Waals surface area (Å²) in [4.78, 5) is 12.7. The van der Waals surface area contributed by atoms with Gasteiger partial charge in [0.25, 0.3) is 0 Å². The summed E-state index contributed by atoms with van der Waals surface area (Å²) in [5.41, 5.74) is 1.18. The average molecular weight is 354 g/mol. The molecule has 0 fully saturated rings. The predicted octanol–water partition coefficient (Wildman–Crippen LogP) is 3.90. The monoisotopic (exact) mass is 353 g/mol. The Morgan fingerprint density at radius 1 is 1.35 bits per heavy atom. The van der Waals surface area contributed by atoms with Crippen molar-refractivity contribution < 1.29 is 9.53 Å². The Morgan fingerprint density at radius 3 is 2.70 bits per heavy atom. The largest absolute Gasteiger partial charge is 0.469 e. The normalized spacial score (nSPS) is 12.1. The van der Waals surface area contributed by atoms with E-state index >= 15 is 0 Å². The van der Waals surface area contributed by atoms with E-state index in [1.54, 1.807) is 11.3 Å². The van der Waals surface area contributed by atoms with Crippen molar-refractivity contribution in [3.8, 4) is 0 Å². The number of carbonyl (C=O) groups excluding carboxylic acids is 1. The minimum atomic E-state index is -0.202. The van der Waals surface area contributed by atoms with Gasteiger partial charge in [0, 0.05) is 15.9 Å². The highest BCUT2D eigenvalue weighted by Gasteiger charge is 2.16. The third kappa shape index (κ3) is 4.44. The Hall–Kier alpha value is -1.17. The van der Waals surface area contributed by atoms with Gasteiger partial charge in [0.1, 0.15) is 0 Å². The summed E-state index contributed by atoms with van der Waals surface area (Å²) in [6.45, 7) is 0.715. The van der Waals surface area contributed by atoms with Crippen LogP contribution in [0.25, 0.3) is 0 Å². The molecule has 0 aliphatic rings. The van der Waals surface area contributed by atoms with E-state index in [0.717, 1.165) is 9.35 Å². The van der Waals surface area contributed by atoms with Crippen molar-refractivity contribution in [2.24, 2.45) is 0 Å². The number of hydrogen-bond acceptors (Lipinski definition) is 4. The van der Waals surface area contributed by atoms with Crippen molar-refractivity contribution in [2.75, 3.05) is 7.11 Å². The van der Waals surface area contributed by atoms with Gasteiger partial charge in [0.2, 0.25) is 0 Å². The van der Waals surface area contributed by atoms with Gasteiger partial charge in [0.15, 0.2) is 0 Å². The lowest BCUT2D eigenvalue weighted by molar-refractivity contribution is -0.141. The zero-order valence-corrected chi connectivity index (χ0v) is 13.5. The van der Waals surface area contributed by atoms with Crippen LogP contribution in [-0.4, -0.2) is 13.1 Å². The maximum absolute atomic E-state index is 11.5. The van der Waals surface area contributed by atoms with Crippen LogP contribution in [0.4, 0.5) is 0 Å². The molecule has 0 bridgehead atoms. The smallest absolute Gasteiger partial charge is 0.307 e. The molecule has 0 saturated carbocycles. The van der Waals surface area contributed by atoms with Gasteiger partial charge in [-0.05, 0) is 29.1 Å². The van der Waals surface area contributed by atoms with Crippen LogP contribution in [0.1, 0.15) is 22.9 Å². The highest BCUT2D eigenvalue weighted by Crippen LogP contribution is 2.23. The zero-order chi connectivity index (χ0) is 14.4. The van der Waals surface area contributed by atoms with E-state index in [4.69, 9.17) is 4.74 Å². The van der Waals surface area contributed by atoms with E-state index in [0.29, 0.717) is 13.0 Å². The molecule has 0 aliphatic carbocycles. The molecule has 1 atom stereocenters. The molecule has 2 aromatic rings. The van der Waals surface area contributed by atoms with Crippen LogP contribution >= 0.6 is 27.3 Å². The van der Waals surface area contributed by atoms with E-state index in [1.165, 1.54) is 12.7 Å². The number of halogens is 1. The molecule has 0 radical (unpaired) electrons. The highest BCUT2D eigenvalue weighted by molar-refractivity contribution is 9.10. The van der Waals surface area contributed by atoms with Crippen LogP contribution in [-0.2, 0) is 16.1 Å². The molecule has 1 aromatic heterocycles. The molecule has 5 heteroatoms. The van der Waals surface area contributed by atoms with Crippen molar-refractivity contribution in [3.05, 3.63) is 56.7 Å². The third-order valence-electron chi connectivity index (χ3n) is 2.95. The Labute approximate surface area is 131 Å². The molecule has 1 heterocycles. The van der Waals surface area contributed by atoms with Crippen molar-refractivity contribution >= 4 is 33.2 Å². The first kappa shape index (κ1) is 15.2. The van der Waals surface area contributed by atoms with E-state index in [-0.39, 0.29) is 12.0 Å². The fraction of sp³-hybridized carbons (Fsp3) is 0.267. The Balaban J connectivity index is 2.00. The topological polar surface area (TPSA) is 38.3 Å². The molecule has 3 nitrogen and oxygen atoms in total. The van der Waals surface area contributed by atoms with E-state index in [9.17, 15) is 4.79 Å². The number of carbonyl (C=O) groups is 1. The first-order valence-electron chi connectivity index (χ1n) is 6.27. The van der Waals surface area contributed by atoms with Crippen molar-refractivity contribution in [2.45, 2.75) is 19.0 Å². The first-order chi connectivity index (χ1) is 9.69. The van der Waals surface area contributed by atoms with E-state index < -0.39 is 0 Å². The minimum absolute atomic E-state index is 0.00824. The predicted molar refractivity (Wildman–Crippen MR) is 84.7 cm³/mol. The number of nitrogens with one attached hydrogen (secondary N) is 1. The molecule has 0 saturated heterocycles. The van der Waals surface area contributed by atoms with Crippen LogP contribution in [0.5, 0.6) is 0 Å². The van der Waals surface area contributed by atoms with Crippen molar-refractivity contribution in [1.29, 1.82) is 0 Å². The van der Waals surface area contributed by atoms with Gasteiger partial charge in [-0.3, -0.25) is 4.79 Å². The molecule has 0 aliphatic heterocycles. The van der Waals surface area contributed by atoms with Gasteiger partial charge in [-0.1, -0.05) is 34.1 Å². The molecule has 106 valence electrons. The summed E-state index contributed by atoms with van der Waals surface area (Å²) >= 11 is 5.06. The highest BCUT2D eigenvalue weighted by atomic mass is 79.9. The summed E-state index contributed by atoms with van der Waals surface area (Å²) in [6, 6.07) is 12.2. The number of methoxy groups -OCH3 is 1. The Kier molecular flexibility index (Phi) is 5.76. The van der Waals surface area contributed by atoms with Gasteiger partial charge < -0.3 is 10.1 Å². The molecule has 1 unspecified atom stereocenters. The summed E-state index contributed by atoms with van der Waals surface area (Å²) in [5.74, 6) is -0.202. The average Bonchev–Trinajstić information content (AvgIpc) is 2.99. The molecular formula is C15H16BrNO2S. The first-order valence-corrected chi connectivity index (χ1v) is 7.94. The quantitative estimate of drug-likeness (QED) is 0.800. The minimum Gasteiger partial charge on any atom is -0.469 e. The summed E-state index contributed by atoms with van der Waals surface area (Å²) in [7, 11) is 1.42. The number of hydrogen-bond donors (Lipinski definition) is 1. The van der Waals surface area contributed by atoms with Crippen LogP contribution in [0.3, 0.4) is 0 Å². The summed E-state index contributed by atoms with van der Waals surface area (Å²) in [6.07, 6.45) is 0.341. The second-order valence-electron chi connectivity index (χ2n) is 4.36. The van der Waals surface area contributed by atoms with Crippen LogP contribution in [0.2, 0.25) is 0 Å². The lowest BCUT2D eigenvalue weighted by atomic mass is 10.1. The maximum atomic E-state index is 11.5. The van der Waals surface area contributed by atoms with Gasteiger partial charge >= 0.3 is 5.97 Å².